The van der Waals surface area contributed by atoms with Crippen LogP contribution in [0.5, 0.6) is 5.75 Å². The molecule has 0 radical (unpaired) electrons. The molecule has 6 bridgehead atoms. The van der Waals surface area contributed by atoms with E-state index >= 15 is 0 Å². The molecule has 8 atom stereocenters. The van der Waals surface area contributed by atoms with Crippen molar-refractivity contribution < 1.29 is 51.1 Å². The molecule has 11 nitrogen and oxygen atoms in total. The summed E-state index contributed by atoms with van der Waals surface area (Å²) in [6.45, 7) is 5.02. The predicted molar refractivity (Wildman–Crippen MR) is 137 cm³/mol. The smallest absolute Gasteiger partial charge is 0.318 e. The molecule has 3 heterocycles. The van der Waals surface area contributed by atoms with Gasteiger partial charge < -0.3 is 18.9 Å². The normalized spacial score (nSPS) is 39.9. The Morgan fingerprint density at radius 1 is 1.05 bits per heavy atom. The molecule has 1 N–H and O–H groups in total. The highest BCUT2D eigenvalue weighted by molar-refractivity contribution is 7.85. The summed E-state index contributed by atoms with van der Waals surface area (Å²) in [7, 11) is -4.51. The number of benzene rings is 1. The molecule has 41 heavy (non-hydrogen) atoms. The van der Waals surface area contributed by atoms with Crippen LogP contribution in [0.2, 0.25) is 0 Å². The molecule has 0 aromatic heterocycles. The number of rotatable bonds is 6. The van der Waals surface area contributed by atoms with Crippen LogP contribution in [0.4, 0.5) is 0 Å². The molecule has 220 valence electrons. The molecular weight excluding hydrogens is 556 g/mol. The van der Waals surface area contributed by atoms with E-state index in [9.17, 15) is 32.1 Å². The Hall–Kier alpha value is -2.83. The van der Waals surface area contributed by atoms with Gasteiger partial charge in [-0.05, 0) is 74.1 Å². The highest BCUT2D eigenvalue weighted by Crippen LogP contribution is 2.60. The Morgan fingerprint density at radius 3 is 2.37 bits per heavy atom. The zero-order chi connectivity index (χ0) is 29.2. The van der Waals surface area contributed by atoms with Gasteiger partial charge >= 0.3 is 17.9 Å². The molecule has 8 unspecified atom stereocenters. The summed E-state index contributed by atoms with van der Waals surface area (Å²) < 4.78 is 56.9. The van der Waals surface area contributed by atoms with Crippen molar-refractivity contribution in [3.63, 3.8) is 0 Å². The Balaban J connectivity index is 1.14. The molecule has 1 aromatic rings. The third-order valence-electron chi connectivity index (χ3n) is 10.3. The second kappa shape index (κ2) is 8.84. The molecule has 7 fully saturated rings. The second-order valence-corrected chi connectivity index (χ2v) is 14.5. The van der Waals surface area contributed by atoms with E-state index in [2.05, 4.69) is 0 Å². The van der Waals surface area contributed by atoms with Gasteiger partial charge in [0.25, 0.3) is 10.1 Å². The Kier molecular flexibility index (Phi) is 5.83. The van der Waals surface area contributed by atoms with Crippen LogP contribution in [0.1, 0.15) is 63.0 Å². The zero-order valence-electron chi connectivity index (χ0n) is 22.9. The molecule has 3 saturated heterocycles. The lowest BCUT2D eigenvalue weighted by atomic mass is 9.49. The average Bonchev–Trinajstić information content (AvgIpc) is 3.51. The predicted octanol–water partition coefficient (Wildman–Crippen LogP) is 2.52. The van der Waals surface area contributed by atoms with Gasteiger partial charge in [0.15, 0.2) is 12.2 Å². The number of carbonyl (C=O) groups is 4. The lowest BCUT2D eigenvalue weighted by Gasteiger charge is -2.54. The number of fused-ring (bicyclic) bond motifs is 1. The maximum atomic E-state index is 13.7. The lowest BCUT2D eigenvalue weighted by molar-refractivity contribution is -0.186. The highest BCUT2D eigenvalue weighted by atomic mass is 32.2. The zero-order valence-corrected chi connectivity index (χ0v) is 23.7. The molecule has 3 aliphatic heterocycles. The monoisotopic (exact) mass is 588 g/mol. The van der Waals surface area contributed by atoms with Gasteiger partial charge in [-0.25, -0.2) is 0 Å². The Labute approximate surface area is 237 Å². The summed E-state index contributed by atoms with van der Waals surface area (Å²) in [5.41, 5.74) is -0.180. The van der Waals surface area contributed by atoms with E-state index in [1.165, 1.54) is 12.1 Å². The van der Waals surface area contributed by atoms with Gasteiger partial charge in [-0.3, -0.25) is 23.7 Å². The van der Waals surface area contributed by atoms with Crippen LogP contribution < -0.4 is 4.74 Å². The number of hydrogen-bond donors (Lipinski definition) is 1. The van der Waals surface area contributed by atoms with E-state index in [4.69, 9.17) is 18.9 Å². The first-order valence-electron chi connectivity index (χ1n) is 14.2. The lowest BCUT2D eigenvalue weighted by Crippen LogP contribution is -2.56. The summed E-state index contributed by atoms with van der Waals surface area (Å²) in [5, 5.41) is 0. The van der Waals surface area contributed by atoms with Gasteiger partial charge in [0, 0.05) is 11.8 Å². The maximum Gasteiger partial charge on any atom is 0.318 e. The van der Waals surface area contributed by atoms with Crippen LogP contribution in [0.15, 0.2) is 17.0 Å². The minimum absolute atomic E-state index is 0.0866. The largest absolute Gasteiger partial charge is 0.455 e. The van der Waals surface area contributed by atoms with Crippen molar-refractivity contribution in [2.45, 2.75) is 88.1 Å². The third kappa shape index (κ3) is 3.93. The standard InChI is InChI=1S/C29H32O11S/c1-11(2)16-7-17(12(3)4-18(16)41(34,35)36)37-26(31)19-20-22-24(39-27(20)32)25(23(19)38-22)40-28(33)29-8-13-5-14(9-29)21(30)15(6-13)10-29/h4,7,11,13-15,19-20,22-25H,5-6,8-10H2,1-3H3,(H,34,35,36). The van der Waals surface area contributed by atoms with Gasteiger partial charge in [-0.2, -0.15) is 8.42 Å². The number of ketones is 1. The van der Waals surface area contributed by atoms with Crippen molar-refractivity contribution in [1.29, 1.82) is 0 Å². The minimum atomic E-state index is -4.51. The Bertz CT molecular complexity index is 1480. The van der Waals surface area contributed by atoms with Gasteiger partial charge in [0.05, 0.1) is 10.3 Å². The van der Waals surface area contributed by atoms with Crippen molar-refractivity contribution in [2.75, 3.05) is 0 Å². The molecule has 4 saturated carbocycles. The van der Waals surface area contributed by atoms with E-state index in [1.807, 2.05) is 0 Å². The van der Waals surface area contributed by atoms with E-state index in [0.717, 1.165) is 12.8 Å². The fourth-order valence-corrected chi connectivity index (χ4v) is 9.54. The number of hydrogen-bond acceptors (Lipinski definition) is 10. The quantitative estimate of drug-likeness (QED) is 0.295. The van der Waals surface area contributed by atoms with Crippen LogP contribution in [-0.2, 0) is 43.5 Å². The summed E-state index contributed by atoms with van der Waals surface area (Å²) in [6.07, 6.45) is -0.255. The van der Waals surface area contributed by atoms with Crippen LogP contribution >= 0.6 is 0 Å². The van der Waals surface area contributed by atoms with Gasteiger partial charge in [0.1, 0.15) is 35.6 Å². The molecule has 0 spiro atoms. The number of carbonyl (C=O) groups excluding carboxylic acids is 4. The minimum Gasteiger partial charge on any atom is -0.455 e. The fourth-order valence-electron chi connectivity index (χ4n) is 8.62. The van der Waals surface area contributed by atoms with E-state index < -0.39 is 69.7 Å². The van der Waals surface area contributed by atoms with Crippen molar-refractivity contribution >= 4 is 33.8 Å². The second-order valence-electron chi connectivity index (χ2n) is 13.1. The van der Waals surface area contributed by atoms with Gasteiger partial charge in [-0.15, -0.1) is 0 Å². The molecule has 12 heteroatoms. The van der Waals surface area contributed by atoms with E-state index in [1.54, 1.807) is 20.8 Å². The van der Waals surface area contributed by atoms with Crippen LogP contribution in [-0.4, -0.2) is 61.1 Å². The van der Waals surface area contributed by atoms with Crippen molar-refractivity contribution in [2.24, 2.45) is 35.0 Å². The van der Waals surface area contributed by atoms with E-state index in [0.29, 0.717) is 30.7 Å². The molecule has 1 aromatic carbocycles. The third-order valence-corrected chi connectivity index (χ3v) is 11.2. The first kappa shape index (κ1) is 27.0. The molecule has 0 amide bonds. The number of ether oxygens (including phenoxy) is 4. The van der Waals surface area contributed by atoms with Crippen molar-refractivity contribution in [3.8, 4) is 5.75 Å². The topological polar surface area (TPSA) is 160 Å². The van der Waals surface area contributed by atoms with Crippen molar-refractivity contribution in [3.05, 3.63) is 23.3 Å². The van der Waals surface area contributed by atoms with Gasteiger partial charge in [-0.1, -0.05) is 13.8 Å². The Morgan fingerprint density at radius 2 is 1.73 bits per heavy atom. The van der Waals surface area contributed by atoms with Crippen LogP contribution in [0.25, 0.3) is 0 Å². The number of aryl methyl sites for hydroxylation is 1. The molecular formula is C29H32O11S. The number of Topliss-reactive ketones (excluding diaryl/α,β-unsaturated/α-hetero) is 1. The van der Waals surface area contributed by atoms with Crippen molar-refractivity contribution in [1.82, 2.24) is 0 Å². The van der Waals surface area contributed by atoms with Crippen LogP contribution in [0.3, 0.4) is 0 Å². The summed E-state index contributed by atoms with van der Waals surface area (Å²) in [5.74, 6) is -3.72. The summed E-state index contributed by atoms with van der Waals surface area (Å²) in [4.78, 5) is 52.5. The fraction of sp³-hybridized carbons (Fsp3) is 0.655. The first-order chi connectivity index (χ1) is 19.3. The molecule has 4 aliphatic carbocycles. The average molecular weight is 589 g/mol. The summed E-state index contributed by atoms with van der Waals surface area (Å²) >= 11 is 0. The molecule has 8 rings (SSSR count). The number of esters is 3. The van der Waals surface area contributed by atoms with Crippen LogP contribution in [0, 0.1) is 41.9 Å². The highest BCUT2D eigenvalue weighted by Gasteiger charge is 2.72. The summed E-state index contributed by atoms with van der Waals surface area (Å²) in [6, 6.07) is 2.64. The maximum absolute atomic E-state index is 13.7. The van der Waals surface area contributed by atoms with Gasteiger partial charge in [0.2, 0.25) is 0 Å². The van der Waals surface area contributed by atoms with E-state index in [-0.39, 0.29) is 39.7 Å². The first-order valence-corrected chi connectivity index (χ1v) is 15.7. The SMILES string of the molecule is Cc1cc(S(=O)(=O)O)c(C(C)C)cc1OC(=O)C1C2OC3C(OC(=O)C31)C2OC(=O)C12CC3CC(C1)C(=O)C(C3)C2. The molecule has 7 aliphatic rings.